The predicted octanol–water partition coefficient (Wildman–Crippen LogP) is 2.37. The summed E-state index contributed by atoms with van der Waals surface area (Å²) in [5, 5.41) is 9.20. The second-order valence-corrected chi connectivity index (χ2v) is 4.57. The van der Waals surface area contributed by atoms with Crippen LogP contribution in [0.15, 0.2) is 12.1 Å². The van der Waals surface area contributed by atoms with Crippen LogP contribution in [-0.2, 0) is 17.2 Å². The SMILES string of the molecule is CCC(=O)Oc1c(CSC)cc(CO)cc1OC. The van der Waals surface area contributed by atoms with E-state index in [9.17, 15) is 9.90 Å². The van der Waals surface area contributed by atoms with Gasteiger partial charge in [-0.1, -0.05) is 6.92 Å². The van der Waals surface area contributed by atoms with Gasteiger partial charge >= 0.3 is 5.97 Å². The number of carbonyl (C=O) groups excluding carboxylic acids is 1. The van der Waals surface area contributed by atoms with Gasteiger partial charge in [0.1, 0.15) is 0 Å². The van der Waals surface area contributed by atoms with E-state index in [0.29, 0.717) is 23.7 Å². The number of ether oxygens (including phenoxy) is 2. The van der Waals surface area contributed by atoms with Gasteiger partial charge in [-0.2, -0.15) is 11.8 Å². The lowest BCUT2D eigenvalue weighted by Crippen LogP contribution is -2.09. The molecule has 0 amide bonds. The lowest BCUT2D eigenvalue weighted by atomic mass is 10.1. The highest BCUT2D eigenvalue weighted by atomic mass is 32.2. The molecule has 0 spiro atoms. The van der Waals surface area contributed by atoms with Crippen molar-refractivity contribution in [1.29, 1.82) is 0 Å². The summed E-state index contributed by atoms with van der Waals surface area (Å²) in [6, 6.07) is 3.51. The predicted molar refractivity (Wildman–Crippen MR) is 72.1 cm³/mol. The minimum atomic E-state index is -0.299. The van der Waals surface area contributed by atoms with Gasteiger partial charge in [0.2, 0.25) is 0 Å². The van der Waals surface area contributed by atoms with E-state index in [1.54, 1.807) is 24.8 Å². The molecule has 0 atom stereocenters. The summed E-state index contributed by atoms with van der Waals surface area (Å²) >= 11 is 1.61. The molecule has 0 radical (unpaired) electrons. The van der Waals surface area contributed by atoms with Crippen LogP contribution in [0.2, 0.25) is 0 Å². The minimum Gasteiger partial charge on any atom is -0.493 e. The normalized spacial score (nSPS) is 10.2. The lowest BCUT2D eigenvalue weighted by Gasteiger charge is -2.14. The Morgan fingerprint density at radius 3 is 2.67 bits per heavy atom. The van der Waals surface area contributed by atoms with E-state index in [0.717, 1.165) is 11.1 Å². The Hall–Kier alpha value is -1.20. The molecule has 0 aliphatic rings. The van der Waals surface area contributed by atoms with Gasteiger partial charge < -0.3 is 14.6 Å². The molecule has 0 bridgehead atoms. The highest BCUT2D eigenvalue weighted by Gasteiger charge is 2.15. The first-order valence-electron chi connectivity index (χ1n) is 5.66. The molecule has 0 aliphatic heterocycles. The molecule has 1 N–H and O–H groups in total. The van der Waals surface area contributed by atoms with E-state index >= 15 is 0 Å². The van der Waals surface area contributed by atoms with Gasteiger partial charge in [-0.05, 0) is 24.0 Å². The number of hydrogen-bond acceptors (Lipinski definition) is 5. The highest BCUT2D eigenvalue weighted by molar-refractivity contribution is 7.97. The maximum Gasteiger partial charge on any atom is 0.311 e. The molecule has 1 aromatic rings. The first-order valence-corrected chi connectivity index (χ1v) is 7.05. The lowest BCUT2D eigenvalue weighted by molar-refractivity contribution is -0.134. The summed E-state index contributed by atoms with van der Waals surface area (Å²) in [5.74, 6) is 1.33. The molecule has 5 heteroatoms. The Bertz CT molecular complexity index is 418. The van der Waals surface area contributed by atoms with Crippen molar-refractivity contribution in [3.63, 3.8) is 0 Å². The van der Waals surface area contributed by atoms with Crippen LogP contribution in [0.3, 0.4) is 0 Å². The Balaban J connectivity index is 3.20. The van der Waals surface area contributed by atoms with Crippen molar-refractivity contribution in [2.24, 2.45) is 0 Å². The maximum absolute atomic E-state index is 11.4. The number of methoxy groups -OCH3 is 1. The summed E-state index contributed by atoms with van der Waals surface area (Å²) in [6.45, 7) is 1.67. The van der Waals surface area contributed by atoms with Crippen LogP contribution < -0.4 is 9.47 Å². The zero-order valence-corrected chi connectivity index (χ0v) is 11.7. The Morgan fingerprint density at radius 1 is 1.44 bits per heavy atom. The van der Waals surface area contributed by atoms with Crippen LogP contribution in [0.25, 0.3) is 0 Å². The smallest absolute Gasteiger partial charge is 0.311 e. The number of hydrogen-bond donors (Lipinski definition) is 1. The summed E-state index contributed by atoms with van der Waals surface area (Å²) in [5.41, 5.74) is 1.60. The van der Waals surface area contributed by atoms with E-state index in [1.165, 1.54) is 7.11 Å². The van der Waals surface area contributed by atoms with Crippen molar-refractivity contribution in [3.8, 4) is 11.5 Å². The molecule has 0 heterocycles. The number of aliphatic hydroxyl groups excluding tert-OH is 1. The molecule has 100 valence electrons. The van der Waals surface area contributed by atoms with E-state index in [-0.39, 0.29) is 12.6 Å². The number of carbonyl (C=O) groups is 1. The Morgan fingerprint density at radius 2 is 2.17 bits per heavy atom. The fraction of sp³-hybridized carbons (Fsp3) is 0.462. The maximum atomic E-state index is 11.4. The van der Waals surface area contributed by atoms with E-state index in [4.69, 9.17) is 9.47 Å². The summed E-state index contributed by atoms with van der Waals surface area (Å²) in [6.07, 6.45) is 2.27. The monoisotopic (exact) mass is 270 g/mol. The number of esters is 1. The number of rotatable bonds is 6. The van der Waals surface area contributed by atoms with E-state index < -0.39 is 0 Å². The summed E-state index contributed by atoms with van der Waals surface area (Å²) < 4.78 is 10.5. The van der Waals surface area contributed by atoms with Gasteiger partial charge in [0.05, 0.1) is 13.7 Å². The van der Waals surface area contributed by atoms with Gasteiger partial charge in [0.25, 0.3) is 0 Å². The van der Waals surface area contributed by atoms with Gasteiger partial charge in [-0.15, -0.1) is 0 Å². The second kappa shape index (κ2) is 7.28. The fourth-order valence-corrected chi connectivity index (χ4v) is 2.06. The molecule has 0 aromatic heterocycles. The van der Waals surface area contributed by atoms with Crippen molar-refractivity contribution in [2.75, 3.05) is 13.4 Å². The van der Waals surface area contributed by atoms with Crippen molar-refractivity contribution < 1.29 is 19.4 Å². The minimum absolute atomic E-state index is 0.0697. The molecular formula is C13H18O4S. The quantitative estimate of drug-likeness (QED) is 0.635. The topological polar surface area (TPSA) is 55.8 Å². The molecule has 0 saturated heterocycles. The zero-order chi connectivity index (χ0) is 13.5. The van der Waals surface area contributed by atoms with Gasteiger partial charge in [-0.25, -0.2) is 0 Å². The third-order valence-electron chi connectivity index (χ3n) is 2.40. The van der Waals surface area contributed by atoms with Crippen molar-refractivity contribution in [3.05, 3.63) is 23.3 Å². The molecule has 0 saturated carbocycles. The van der Waals surface area contributed by atoms with Crippen LogP contribution >= 0.6 is 11.8 Å². The van der Waals surface area contributed by atoms with Crippen LogP contribution in [0.5, 0.6) is 11.5 Å². The van der Waals surface area contributed by atoms with E-state index in [1.807, 2.05) is 12.3 Å². The van der Waals surface area contributed by atoms with Gasteiger partial charge in [0, 0.05) is 17.7 Å². The van der Waals surface area contributed by atoms with Crippen molar-refractivity contribution >= 4 is 17.7 Å². The first kappa shape index (κ1) is 14.9. The molecule has 1 aromatic carbocycles. The highest BCUT2D eigenvalue weighted by Crippen LogP contribution is 2.35. The summed E-state index contributed by atoms with van der Waals surface area (Å²) in [7, 11) is 1.52. The summed E-state index contributed by atoms with van der Waals surface area (Å²) in [4.78, 5) is 11.4. The number of thioether (sulfide) groups is 1. The van der Waals surface area contributed by atoms with Crippen molar-refractivity contribution in [1.82, 2.24) is 0 Å². The fourth-order valence-electron chi connectivity index (χ4n) is 1.53. The zero-order valence-electron chi connectivity index (χ0n) is 10.9. The van der Waals surface area contributed by atoms with Crippen LogP contribution in [-0.4, -0.2) is 24.4 Å². The van der Waals surface area contributed by atoms with Gasteiger partial charge in [-0.3, -0.25) is 4.79 Å². The van der Waals surface area contributed by atoms with Gasteiger partial charge in [0.15, 0.2) is 11.5 Å². The molecule has 0 aliphatic carbocycles. The standard InChI is InChI=1S/C13H18O4S/c1-4-12(15)17-13-10(8-18-3)5-9(7-14)6-11(13)16-2/h5-6,14H,4,7-8H2,1-3H3. The molecule has 4 nitrogen and oxygen atoms in total. The third kappa shape index (κ3) is 3.65. The number of aliphatic hydroxyl groups is 1. The average molecular weight is 270 g/mol. The largest absolute Gasteiger partial charge is 0.493 e. The first-order chi connectivity index (χ1) is 8.65. The van der Waals surface area contributed by atoms with Crippen LogP contribution in [0.4, 0.5) is 0 Å². The molecule has 1 rings (SSSR count). The third-order valence-corrected chi connectivity index (χ3v) is 3.00. The molecule has 18 heavy (non-hydrogen) atoms. The van der Waals surface area contributed by atoms with Crippen molar-refractivity contribution in [2.45, 2.75) is 25.7 Å². The van der Waals surface area contributed by atoms with E-state index in [2.05, 4.69) is 0 Å². The molecule has 0 unspecified atom stereocenters. The van der Waals surface area contributed by atoms with Crippen LogP contribution in [0, 0.1) is 0 Å². The number of benzene rings is 1. The second-order valence-electron chi connectivity index (χ2n) is 3.71. The molecular weight excluding hydrogens is 252 g/mol. The average Bonchev–Trinajstić information content (AvgIpc) is 2.40. The molecule has 0 fully saturated rings. The Kier molecular flexibility index (Phi) is 6.01. The Labute approximate surface area is 111 Å². The van der Waals surface area contributed by atoms with Crippen LogP contribution in [0.1, 0.15) is 24.5 Å².